The lowest BCUT2D eigenvalue weighted by molar-refractivity contribution is 1.12. The molecule has 0 atom stereocenters. The molecule has 3 aromatic heterocycles. The van der Waals surface area contributed by atoms with Crippen molar-refractivity contribution in [2.75, 3.05) is 5.32 Å². The van der Waals surface area contributed by atoms with E-state index in [1.807, 2.05) is 12.1 Å². The molecule has 0 fully saturated rings. The van der Waals surface area contributed by atoms with Crippen LogP contribution in [0.3, 0.4) is 0 Å². The summed E-state index contributed by atoms with van der Waals surface area (Å²) in [5, 5.41) is 6.39. The number of pyridine rings is 1. The zero-order chi connectivity index (χ0) is 11.5. The number of hydrogen-bond donors (Lipinski definition) is 1. The molecule has 0 spiro atoms. The Kier molecular flexibility index (Phi) is 2.67. The average Bonchev–Trinajstić information content (AvgIpc) is 2.89. The minimum absolute atomic E-state index is 0.784. The van der Waals surface area contributed by atoms with Crippen LogP contribution in [0.2, 0.25) is 0 Å². The summed E-state index contributed by atoms with van der Waals surface area (Å²) in [4.78, 5) is 13.8. The second kappa shape index (κ2) is 4.47. The van der Waals surface area contributed by atoms with Crippen molar-refractivity contribution in [3.05, 3.63) is 47.2 Å². The van der Waals surface area contributed by atoms with E-state index in [0.717, 1.165) is 23.3 Å². The third-order valence-electron chi connectivity index (χ3n) is 2.45. The van der Waals surface area contributed by atoms with Gasteiger partial charge in [0.05, 0.1) is 18.3 Å². The van der Waals surface area contributed by atoms with Crippen LogP contribution in [0.4, 0.5) is 5.82 Å². The van der Waals surface area contributed by atoms with Gasteiger partial charge in [-0.1, -0.05) is 6.07 Å². The van der Waals surface area contributed by atoms with E-state index in [4.69, 9.17) is 0 Å². The lowest BCUT2D eigenvalue weighted by atomic mass is 10.3. The number of aromatic nitrogens is 3. The molecule has 0 aliphatic rings. The van der Waals surface area contributed by atoms with Gasteiger partial charge >= 0.3 is 0 Å². The van der Waals surface area contributed by atoms with Gasteiger partial charge in [0, 0.05) is 16.5 Å². The quantitative estimate of drug-likeness (QED) is 0.767. The van der Waals surface area contributed by atoms with Crippen LogP contribution < -0.4 is 5.32 Å². The van der Waals surface area contributed by atoms with Crippen molar-refractivity contribution in [2.45, 2.75) is 6.54 Å². The Morgan fingerprint density at radius 3 is 3.12 bits per heavy atom. The Hall–Kier alpha value is -2.01. The minimum atomic E-state index is 0.784. The third kappa shape index (κ3) is 2.09. The first-order valence-electron chi connectivity index (χ1n) is 5.24. The molecular formula is C12H10N4S. The van der Waals surface area contributed by atoms with E-state index < -0.39 is 0 Å². The van der Waals surface area contributed by atoms with E-state index in [1.54, 1.807) is 30.1 Å². The molecule has 0 saturated heterocycles. The van der Waals surface area contributed by atoms with Crippen molar-refractivity contribution in [1.82, 2.24) is 15.0 Å². The highest BCUT2D eigenvalue weighted by Crippen LogP contribution is 2.18. The van der Waals surface area contributed by atoms with Gasteiger partial charge in [-0.3, -0.25) is 4.98 Å². The smallest absolute Gasteiger partial charge is 0.137 e. The number of nitrogens with one attached hydrogen (secondary N) is 1. The second-order valence-electron chi connectivity index (χ2n) is 3.55. The van der Waals surface area contributed by atoms with Crippen molar-refractivity contribution in [3.8, 4) is 0 Å². The molecule has 3 heterocycles. The van der Waals surface area contributed by atoms with E-state index in [1.165, 1.54) is 4.88 Å². The van der Waals surface area contributed by atoms with E-state index in [-0.39, 0.29) is 0 Å². The molecule has 0 radical (unpaired) electrons. The Balaban J connectivity index is 1.90. The molecule has 0 aliphatic heterocycles. The minimum Gasteiger partial charge on any atom is -0.365 e. The maximum atomic E-state index is 4.26. The first kappa shape index (κ1) is 10.2. The fourth-order valence-electron chi connectivity index (χ4n) is 1.63. The molecule has 0 aromatic carbocycles. The Morgan fingerprint density at radius 2 is 2.24 bits per heavy atom. The highest BCUT2D eigenvalue weighted by atomic mass is 32.1. The van der Waals surface area contributed by atoms with Crippen molar-refractivity contribution in [2.24, 2.45) is 0 Å². The molecule has 3 rings (SSSR count). The van der Waals surface area contributed by atoms with E-state index in [0.29, 0.717) is 0 Å². The van der Waals surface area contributed by atoms with E-state index in [2.05, 4.69) is 31.7 Å². The molecule has 3 aromatic rings. The van der Waals surface area contributed by atoms with E-state index in [9.17, 15) is 0 Å². The van der Waals surface area contributed by atoms with Crippen molar-refractivity contribution in [1.29, 1.82) is 0 Å². The zero-order valence-corrected chi connectivity index (χ0v) is 9.81. The normalized spacial score (nSPS) is 10.6. The first-order chi connectivity index (χ1) is 8.43. The van der Waals surface area contributed by atoms with Crippen LogP contribution in [0.15, 0.2) is 42.3 Å². The summed E-state index contributed by atoms with van der Waals surface area (Å²) >= 11 is 1.73. The summed E-state index contributed by atoms with van der Waals surface area (Å²) in [6.07, 6.45) is 5.05. The molecule has 5 heteroatoms. The first-order valence-corrected chi connectivity index (χ1v) is 6.12. The van der Waals surface area contributed by atoms with Crippen LogP contribution in [-0.4, -0.2) is 15.0 Å². The maximum absolute atomic E-state index is 4.26. The Bertz CT molecular complexity index is 616. The van der Waals surface area contributed by atoms with Crippen molar-refractivity contribution >= 4 is 28.1 Å². The van der Waals surface area contributed by atoms with Crippen molar-refractivity contribution in [3.63, 3.8) is 0 Å². The van der Waals surface area contributed by atoms with Gasteiger partial charge < -0.3 is 5.32 Å². The SMILES string of the molecule is c1csc(CNc2ncnc3cnccc23)c1. The predicted molar refractivity (Wildman–Crippen MR) is 69.0 cm³/mol. The average molecular weight is 242 g/mol. The lowest BCUT2D eigenvalue weighted by Crippen LogP contribution is -2.01. The van der Waals surface area contributed by atoms with Gasteiger partial charge in [0.15, 0.2) is 0 Å². The van der Waals surface area contributed by atoms with Crippen LogP contribution in [0, 0.1) is 0 Å². The molecule has 0 amide bonds. The van der Waals surface area contributed by atoms with Gasteiger partial charge in [0.25, 0.3) is 0 Å². The van der Waals surface area contributed by atoms with Gasteiger partial charge in [-0.2, -0.15) is 0 Å². The van der Waals surface area contributed by atoms with Gasteiger partial charge in [-0.15, -0.1) is 11.3 Å². The predicted octanol–water partition coefficient (Wildman–Crippen LogP) is 2.70. The molecule has 0 unspecified atom stereocenters. The molecule has 0 bridgehead atoms. The van der Waals surface area contributed by atoms with Crippen LogP contribution in [0.25, 0.3) is 10.9 Å². The number of fused-ring (bicyclic) bond motifs is 1. The number of thiophene rings is 1. The molecule has 17 heavy (non-hydrogen) atoms. The fraction of sp³-hybridized carbons (Fsp3) is 0.0833. The maximum Gasteiger partial charge on any atom is 0.137 e. The summed E-state index contributed by atoms with van der Waals surface area (Å²) in [5.74, 6) is 0.853. The standard InChI is InChI=1S/C12H10N4S/c1-2-9(17-5-1)6-14-12-10-3-4-13-7-11(10)15-8-16-12/h1-5,7-8H,6H2,(H,14,15,16). The highest BCUT2D eigenvalue weighted by molar-refractivity contribution is 7.09. The summed E-state index contributed by atoms with van der Waals surface area (Å²) in [6, 6.07) is 6.07. The second-order valence-corrected chi connectivity index (χ2v) is 4.58. The molecule has 1 N–H and O–H groups in total. The Morgan fingerprint density at radius 1 is 1.24 bits per heavy atom. The summed E-state index contributed by atoms with van der Waals surface area (Å²) in [5.41, 5.74) is 0.858. The lowest BCUT2D eigenvalue weighted by Gasteiger charge is -2.06. The Labute approximate surface area is 102 Å². The van der Waals surface area contributed by atoms with Gasteiger partial charge in [0.1, 0.15) is 12.1 Å². The summed E-state index contributed by atoms with van der Waals surface area (Å²) in [7, 11) is 0. The molecule has 4 nitrogen and oxygen atoms in total. The van der Waals surface area contributed by atoms with Crippen molar-refractivity contribution < 1.29 is 0 Å². The van der Waals surface area contributed by atoms with Crippen LogP contribution in [0.1, 0.15) is 4.88 Å². The fourth-order valence-corrected chi connectivity index (χ4v) is 2.28. The number of nitrogens with zero attached hydrogens (tertiary/aromatic N) is 3. The van der Waals surface area contributed by atoms with Gasteiger partial charge in [-0.05, 0) is 17.5 Å². The summed E-state index contributed by atoms with van der Waals surface area (Å²) < 4.78 is 0. The monoisotopic (exact) mass is 242 g/mol. The van der Waals surface area contributed by atoms with Crippen LogP contribution >= 0.6 is 11.3 Å². The van der Waals surface area contributed by atoms with Crippen LogP contribution in [0.5, 0.6) is 0 Å². The van der Waals surface area contributed by atoms with E-state index >= 15 is 0 Å². The summed E-state index contributed by atoms with van der Waals surface area (Å²) in [6.45, 7) is 0.784. The molecule has 0 saturated carbocycles. The largest absolute Gasteiger partial charge is 0.365 e. The number of rotatable bonds is 3. The molecular weight excluding hydrogens is 232 g/mol. The number of anilines is 1. The highest BCUT2D eigenvalue weighted by Gasteiger charge is 2.02. The topological polar surface area (TPSA) is 50.7 Å². The third-order valence-corrected chi connectivity index (χ3v) is 3.33. The molecule has 84 valence electrons. The zero-order valence-electron chi connectivity index (χ0n) is 9.00. The van der Waals surface area contributed by atoms with Crippen LogP contribution in [-0.2, 0) is 6.54 Å². The van der Waals surface area contributed by atoms with Gasteiger partial charge in [0.2, 0.25) is 0 Å². The molecule has 0 aliphatic carbocycles. The van der Waals surface area contributed by atoms with Gasteiger partial charge in [-0.25, -0.2) is 9.97 Å². The number of hydrogen-bond acceptors (Lipinski definition) is 5.